The van der Waals surface area contributed by atoms with Crippen LogP contribution in [-0.4, -0.2) is 31.6 Å². The number of carbonyl (C=O) groups is 1. The lowest BCUT2D eigenvalue weighted by atomic mass is 10.0. The van der Waals surface area contributed by atoms with E-state index in [2.05, 4.69) is 21.7 Å². The third-order valence-corrected chi connectivity index (χ3v) is 4.46. The molecule has 0 aromatic carbocycles. The summed E-state index contributed by atoms with van der Waals surface area (Å²) in [4.78, 5) is 10.6. The monoisotopic (exact) mass is 283 g/mol. The van der Waals surface area contributed by atoms with E-state index in [0.717, 1.165) is 36.3 Å². The minimum atomic E-state index is -0.812. The van der Waals surface area contributed by atoms with Crippen molar-refractivity contribution in [2.45, 2.75) is 57.1 Å². The van der Waals surface area contributed by atoms with Gasteiger partial charge in [-0.2, -0.15) is 0 Å². The third kappa shape index (κ3) is 3.96. The molecule has 1 aliphatic rings. The molecule has 0 radical (unpaired) electrons. The van der Waals surface area contributed by atoms with Crippen LogP contribution in [-0.2, 0) is 17.8 Å². The molecule has 0 unspecified atom stereocenters. The zero-order valence-corrected chi connectivity index (χ0v) is 12.2. The third-order valence-electron chi connectivity index (χ3n) is 3.51. The molecule has 0 saturated heterocycles. The second-order valence-corrected chi connectivity index (χ2v) is 6.03. The molecule has 6 heteroatoms. The molecule has 1 aromatic rings. The summed E-state index contributed by atoms with van der Waals surface area (Å²) < 4.78 is 2.10. The number of thioether (sulfide) groups is 1. The van der Waals surface area contributed by atoms with Gasteiger partial charge in [-0.15, -0.1) is 10.2 Å². The maximum absolute atomic E-state index is 10.6. The highest BCUT2D eigenvalue weighted by Gasteiger charge is 2.20. The Morgan fingerprint density at radius 2 is 2.16 bits per heavy atom. The van der Waals surface area contributed by atoms with E-state index in [4.69, 9.17) is 5.11 Å². The van der Waals surface area contributed by atoms with Crippen molar-refractivity contribution in [2.75, 3.05) is 5.75 Å². The van der Waals surface area contributed by atoms with Crippen LogP contribution in [0.3, 0.4) is 0 Å². The van der Waals surface area contributed by atoms with E-state index in [0.29, 0.717) is 0 Å². The van der Waals surface area contributed by atoms with Crippen molar-refractivity contribution in [3.05, 3.63) is 5.82 Å². The van der Waals surface area contributed by atoms with Crippen molar-refractivity contribution < 1.29 is 9.90 Å². The standard InChI is InChI=1S/C13H21N3O2S/c1-2-7-16-11(8-10-5-3-4-6-10)14-15-13(16)19-9-12(17)18/h10H,2-9H2,1H3,(H,17,18). The molecule has 0 spiro atoms. The number of hydrogen-bond donors (Lipinski definition) is 1. The lowest BCUT2D eigenvalue weighted by Gasteiger charge is -2.11. The Labute approximate surface area is 117 Å². The van der Waals surface area contributed by atoms with Crippen LogP contribution in [0, 0.1) is 5.92 Å². The van der Waals surface area contributed by atoms with Crippen molar-refractivity contribution >= 4 is 17.7 Å². The molecule has 2 rings (SSSR count). The van der Waals surface area contributed by atoms with Gasteiger partial charge in [0.1, 0.15) is 5.82 Å². The average molecular weight is 283 g/mol. The molecule has 0 amide bonds. The first-order chi connectivity index (χ1) is 9.20. The van der Waals surface area contributed by atoms with Gasteiger partial charge < -0.3 is 9.67 Å². The van der Waals surface area contributed by atoms with E-state index in [1.807, 2.05) is 0 Å². The van der Waals surface area contributed by atoms with Gasteiger partial charge >= 0.3 is 5.97 Å². The SMILES string of the molecule is CCCn1c(CC2CCCC2)nnc1SCC(=O)O. The zero-order valence-electron chi connectivity index (χ0n) is 11.3. The van der Waals surface area contributed by atoms with Crippen LogP contribution in [0.2, 0.25) is 0 Å². The van der Waals surface area contributed by atoms with Gasteiger partial charge in [-0.25, -0.2) is 0 Å². The molecule has 0 aliphatic heterocycles. The molecule has 1 aromatic heterocycles. The first-order valence-corrected chi connectivity index (χ1v) is 7.96. The van der Waals surface area contributed by atoms with Crippen LogP contribution in [0.1, 0.15) is 44.9 Å². The van der Waals surface area contributed by atoms with Gasteiger partial charge in [0.05, 0.1) is 5.75 Å². The molecular weight excluding hydrogens is 262 g/mol. The summed E-state index contributed by atoms with van der Waals surface area (Å²) in [7, 11) is 0. The second kappa shape index (κ2) is 6.93. The van der Waals surface area contributed by atoms with Crippen LogP contribution in [0.5, 0.6) is 0 Å². The van der Waals surface area contributed by atoms with Crippen molar-refractivity contribution in [1.29, 1.82) is 0 Å². The molecular formula is C13H21N3O2S. The highest BCUT2D eigenvalue weighted by atomic mass is 32.2. The van der Waals surface area contributed by atoms with Gasteiger partial charge in [0.15, 0.2) is 5.16 Å². The van der Waals surface area contributed by atoms with Gasteiger partial charge in [-0.05, 0) is 12.3 Å². The van der Waals surface area contributed by atoms with Gasteiger partial charge in [-0.1, -0.05) is 44.4 Å². The maximum atomic E-state index is 10.6. The van der Waals surface area contributed by atoms with E-state index >= 15 is 0 Å². The number of nitrogens with zero attached hydrogens (tertiary/aromatic N) is 3. The number of carboxylic acid groups (broad SMARTS) is 1. The fourth-order valence-electron chi connectivity index (χ4n) is 2.62. The lowest BCUT2D eigenvalue weighted by Crippen LogP contribution is -2.10. The zero-order chi connectivity index (χ0) is 13.7. The van der Waals surface area contributed by atoms with Crippen LogP contribution < -0.4 is 0 Å². The van der Waals surface area contributed by atoms with Crippen LogP contribution in [0.4, 0.5) is 0 Å². The van der Waals surface area contributed by atoms with E-state index in [9.17, 15) is 4.79 Å². The Hall–Kier alpha value is -1.04. The fourth-order valence-corrected chi connectivity index (χ4v) is 3.33. The predicted molar refractivity (Wildman–Crippen MR) is 74.3 cm³/mol. The van der Waals surface area contributed by atoms with Gasteiger partial charge in [0.25, 0.3) is 0 Å². The van der Waals surface area contributed by atoms with Crippen LogP contribution >= 0.6 is 11.8 Å². The van der Waals surface area contributed by atoms with Crippen LogP contribution in [0.15, 0.2) is 5.16 Å². The summed E-state index contributed by atoms with van der Waals surface area (Å²) in [6, 6.07) is 0. The first kappa shape index (κ1) is 14.4. The molecule has 1 aliphatic carbocycles. The van der Waals surface area contributed by atoms with E-state index < -0.39 is 5.97 Å². The predicted octanol–water partition coefficient (Wildman–Crippen LogP) is 2.60. The largest absolute Gasteiger partial charge is 0.481 e. The minimum Gasteiger partial charge on any atom is -0.481 e. The Bertz CT molecular complexity index is 428. The van der Waals surface area contributed by atoms with Gasteiger partial charge in [0.2, 0.25) is 0 Å². The van der Waals surface area contributed by atoms with Crippen molar-refractivity contribution in [1.82, 2.24) is 14.8 Å². The summed E-state index contributed by atoms with van der Waals surface area (Å²) in [6.07, 6.45) is 7.23. The van der Waals surface area contributed by atoms with Gasteiger partial charge in [-0.3, -0.25) is 4.79 Å². The Balaban J connectivity index is 2.06. The molecule has 1 fully saturated rings. The Morgan fingerprint density at radius 3 is 2.79 bits per heavy atom. The molecule has 106 valence electrons. The molecule has 5 nitrogen and oxygen atoms in total. The molecule has 1 saturated carbocycles. The highest BCUT2D eigenvalue weighted by molar-refractivity contribution is 7.99. The quantitative estimate of drug-likeness (QED) is 0.779. The average Bonchev–Trinajstić information content (AvgIpc) is 2.99. The summed E-state index contributed by atoms with van der Waals surface area (Å²) >= 11 is 1.26. The summed E-state index contributed by atoms with van der Waals surface area (Å²) in [5.41, 5.74) is 0. The molecule has 1 N–H and O–H groups in total. The second-order valence-electron chi connectivity index (χ2n) is 5.09. The molecule has 0 atom stereocenters. The number of hydrogen-bond acceptors (Lipinski definition) is 4. The van der Waals surface area contributed by atoms with Gasteiger partial charge in [0, 0.05) is 13.0 Å². The normalized spacial score (nSPS) is 16.1. The summed E-state index contributed by atoms with van der Waals surface area (Å²) in [6.45, 7) is 2.99. The molecule has 19 heavy (non-hydrogen) atoms. The minimum absolute atomic E-state index is 0.0469. The molecule has 0 bridgehead atoms. The smallest absolute Gasteiger partial charge is 0.313 e. The Kier molecular flexibility index (Phi) is 5.24. The van der Waals surface area contributed by atoms with Crippen molar-refractivity contribution in [3.8, 4) is 0 Å². The number of aromatic nitrogens is 3. The van der Waals surface area contributed by atoms with Crippen LogP contribution in [0.25, 0.3) is 0 Å². The van der Waals surface area contributed by atoms with Crippen molar-refractivity contribution in [3.63, 3.8) is 0 Å². The van der Waals surface area contributed by atoms with E-state index in [-0.39, 0.29) is 5.75 Å². The number of carboxylic acids is 1. The highest BCUT2D eigenvalue weighted by Crippen LogP contribution is 2.28. The van der Waals surface area contributed by atoms with E-state index in [1.54, 1.807) is 0 Å². The maximum Gasteiger partial charge on any atom is 0.313 e. The topological polar surface area (TPSA) is 68.0 Å². The summed E-state index contributed by atoms with van der Waals surface area (Å²) in [5.74, 6) is 0.998. The number of aliphatic carboxylic acids is 1. The van der Waals surface area contributed by atoms with Crippen molar-refractivity contribution in [2.24, 2.45) is 5.92 Å². The number of rotatable bonds is 7. The Morgan fingerprint density at radius 1 is 1.42 bits per heavy atom. The van der Waals surface area contributed by atoms with E-state index in [1.165, 1.54) is 37.4 Å². The first-order valence-electron chi connectivity index (χ1n) is 6.97. The summed E-state index contributed by atoms with van der Waals surface area (Å²) in [5, 5.41) is 17.9. The lowest BCUT2D eigenvalue weighted by molar-refractivity contribution is -0.133. The molecule has 1 heterocycles. The fraction of sp³-hybridized carbons (Fsp3) is 0.769.